The van der Waals surface area contributed by atoms with Crippen molar-refractivity contribution in [2.24, 2.45) is 0 Å². The van der Waals surface area contributed by atoms with Crippen molar-refractivity contribution in [2.45, 2.75) is 24.8 Å². The van der Waals surface area contributed by atoms with Gasteiger partial charge in [0, 0.05) is 16.5 Å². The predicted molar refractivity (Wildman–Crippen MR) is 109 cm³/mol. The van der Waals surface area contributed by atoms with Gasteiger partial charge in [0.1, 0.15) is 6.33 Å². The zero-order valence-corrected chi connectivity index (χ0v) is 16.6. The molecule has 5 nitrogen and oxygen atoms in total. The van der Waals surface area contributed by atoms with Crippen LogP contribution in [0.1, 0.15) is 17.0 Å². The molecule has 0 saturated heterocycles. The summed E-state index contributed by atoms with van der Waals surface area (Å²) in [7, 11) is 0. The summed E-state index contributed by atoms with van der Waals surface area (Å²) in [4.78, 5) is 0. The molecule has 0 saturated carbocycles. The smallest absolute Gasteiger partial charge is 0.195 e. The van der Waals surface area contributed by atoms with E-state index in [2.05, 4.69) is 52.6 Å². The Balaban J connectivity index is 1.49. The molecule has 7 heteroatoms. The number of rotatable bonds is 5. The summed E-state index contributed by atoms with van der Waals surface area (Å²) < 4.78 is 3.91. The van der Waals surface area contributed by atoms with Crippen molar-refractivity contribution in [3.63, 3.8) is 0 Å². The number of halogens is 1. The lowest BCUT2D eigenvalue weighted by atomic mass is 10.2. The normalized spacial score (nSPS) is 11.1. The van der Waals surface area contributed by atoms with Crippen LogP contribution in [0.15, 0.2) is 66.1 Å². The van der Waals surface area contributed by atoms with Crippen LogP contribution in [-0.2, 0) is 5.75 Å². The summed E-state index contributed by atoms with van der Waals surface area (Å²) in [5, 5.41) is 14.3. The second-order valence-electron chi connectivity index (χ2n) is 6.26. The number of hydrogen-bond donors (Lipinski definition) is 0. The number of aryl methyl sites for hydroxylation is 2. The molecule has 0 unspecified atom stereocenters. The van der Waals surface area contributed by atoms with Crippen LogP contribution in [0.25, 0.3) is 11.4 Å². The Morgan fingerprint density at radius 3 is 2.52 bits per heavy atom. The second kappa shape index (κ2) is 7.58. The first-order valence-electron chi connectivity index (χ1n) is 8.51. The molecule has 0 radical (unpaired) electrons. The van der Waals surface area contributed by atoms with Crippen LogP contribution >= 0.6 is 23.4 Å². The highest BCUT2D eigenvalue weighted by Gasteiger charge is 2.09. The van der Waals surface area contributed by atoms with Gasteiger partial charge in [-0.2, -0.15) is 5.10 Å². The van der Waals surface area contributed by atoms with Crippen LogP contribution in [-0.4, -0.2) is 24.5 Å². The third kappa shape index (κ3) is 3.91. The van der Waals surface area contributed by atoms with E-state index in [-0.39, 0.29) is 0 Å². The van der Waals surface area contributed by atoms with Crippen LogP contribution in [0, 0.1) is 13.8 Å². The lowest BCUT2D eigenvalue weighted by molar-refractivity contribution is 0.833. The van der Waals surface area contributed by atoms with Crippen LogP contribution in [0.3, 0.4) is 0 Å². The number of thioether (sulfide) groups is 1. The fourth-order valence-corrected chi connectivity index (χ4v) is 3.97. The average Bonchev–Trinajstić information content (AvgIpc) is 3.26. The van der Waals surface area contributed by atoms with E-state index >= 15 is 0 Å². The molecule has 4 aromatic rings. The third-order valence-electron chi connectivity index (χ3n) is 4.16. The number of benzene rings is 2. The van der Waals surface area contributed by atoms with Gasteiger partial charge in [-0.15, -0.1) is 10.2 Å². The van der Waals surface area contributed by atoms with Crippen LogP contribution in [0.2, 0.25) is 5.02 Å². The zero-order valence-electron chi connectivity index (χ0n) is 15.0. The van der Waals surface area contributed by atoms with Gasteiger partial charge in [-0.25, -0.2) is 4.68 Å². The Kier molecular flexibility index (Phi) is 5.01. The fraction of sp³-hybridized carbons (Fsp3) is 0.150. The van der Waals surface area contributed by atoms with Gasteiger partial charge in [0.2, 0.25) is 0 Å². The van der Waals surface area contributed by atoms with E-state index in [0.29, 0.717) is 5.02 Å². The van der Waals surface area contributed by atoms with E-state index in [1.54, 1.807) is 18.1 Å². The molecular formula is C20H18ClN5S. The summed E-state index contributed by atoms with van der Waals surface area (Å²) >= 11 is 7.74. The molecule has 2 aromatic carbocycles. The minimum Gasteiger partial charge on any atom is -0.277 e. The number of nitrogens with zero attached hydrogens (tertiary/aromatic N) is 5. The molecule has 2 aromatic heterocycles. The lowest BCUT2D eigenvalue weighted by Gasteiger charge is -2.08. The predicted octanol–water partition coefficient (Wildman–Crippen LogP) is 5.02. The maximum absolute atomic E-state index is 6.10. The lowest BCUT2D eigenvalue weighted by Crippen LogP contribution is -1.99. The molecule has 0 amide bonds. The molecule has 2 heterocycles. The number of aromatic nitrogens is 5. The Hall–Kier alpha value is -2.57. The number of hydrogen-bond acceptors (Lipinski definition) is 4. The molecule has 0 fully saturated rings. The summed E-state index contributed by atoms with van der Waals surface area (Å²) in [6.07, 6.45) is 1.71. The molecule has 0 aliphatic carbocycles. The van der Waals surface area contributed by atoms with E-state index in [4.69, 9.17) is 11.6 Å². The van der Waals surface area contributed by atoms with Crippen molar-refractivity contribution in [3.8, 4) is 11.4 Å². The van der Waals surface area contributed by atoms with Gasteiger partial charge in [-0.3, -0.25) is 4.57 Å². The van der Waals surface area contributed by atoms with Crippen molar-refractivity contribution in [2.75, 3.05) is 0 Å². The Morgan fingerprint density at radius 2 is 1.81 bits per heavy atom. The van der Waals surface area contributed by atoms with Crippen molar-refractivity contribution in [1.29, 1.82) is 0 Å². The van der Waals surface area contributed by atoms with Gasteiger partial charge < -0.3 is 0 Å². The SMILES string of the molecule is Cc1cc(C)n(-c2ccc(CSc3nncn3-c3cccc(Cl)c3)cc2)n1. The van der Waals surface area contributed by atoms with Crippen LogP contribution in [0.5, 0.6) is 0 Å². The largest absolute Gasteiger partial charge is 0.277 e. The van der Waals surface area contributed by atoms with Gasteiger partial charge in [0.15, 0.2) is 5.16 Å². The van der Waals surface area contributed by atoms with Crippen molar-refractivity contribution >= 4 is 23.4 Å². The summed E-state index contributed by atoms with van der Waals surface area (Å²) in [5.41, 5.74) is 5.38. The van der Waals surface area contributed by atoms with Gasteiger partial charge in [0.05, 0.1) is 17.1 Å². The maximum Gasteiger partial charge on any atom is 0.195 e. The molecule has 27 heavy (non-hydrogen) atoms. The summed E-state index contributed by atoms with van der Waals surface area (Å²) in [5.74, 6) is 0.802. The van der Waals surface area contributed by atoms with Gasteiger partial charge in [-0.1, -0.05) is 41.6 Å². The van der Waals surface area contributed by atoms with Gasteiger partial charge >= 0.3 is 0 Å². The minimum atomic E-state index is 0.692. The first-order valence-corrected chi connectivity index (χ1v) is 9.88. The topological polar surface area (TPSA) is 48.5 Å². The molecular weight excluding hydrogens is 378 g/mol. The first-order chi connectivity index (χ1) is 13.1. The molecule has 0 bridgehead atoms. The zero-order chi connectivity index (χ0) is 18.8. The first kappa shape index (κ1) is 17.8. The quantitative estimate of drug-likeness (QED) is 0.445. The maximum atomic E-state index is 6.10. The van der Waals surface area contributed by atoms with Crippen molar-refractivity contribution in [3.05, 3.63) is 82.9 Å². The van der Waals surface area contributed by atoms with Gasteiger partial charge in [-0.05, 0) is 55.8 Å². The highest BCUT2D eigenvalue weighted by molar-refractivity contribution is 7.98. The Labute approximate surface area is 167 Å². The van der Waals surface area contributed by atoms with Crippen molar-refractivity contribution < 1.29 is 0 Å². The van der Waals surface area contributed by atoms with E-state index < -0.39 is 0 Å². The van der Waals surface area contributed by atoms with E-state index in [1.807, 2.05) is 40.4 Å². The highest BCUT2D eigenvalue weighted by Crippen LogP contribution is 2.25. The summed E-state index contributed by atoms with van der Waals surface area (Å²) in [6, 6.07) is 18.2. The molecule has 136 valence electrons. The summed E-state index contributed by atoms with van der Waals surface area (Å²) in [6.45, 7) is 4.07. The average molecular weight is 396 g/mol. The van der Waals surface area contributed by atoms with E-state index in [1.165, 1.54) is 5.56 Å². The molecule has 0 aliphatic rings. The minimum absolute atomic E-state index is 0.692. The van der Waals surface area contributed by atoms with Gasteiger partial charge in [0.25, 0.3) is 0 Å². The molecule has 4 rings (SSSR count). The molecule has 0 aliphatic heterocycles. The van der Waals surface area contributed by atoms with E-state index in [9.17, 15) is 0 Å². The van der Waals surface area contributed by atoms with E-state index in [0.717, 1.165) is 33.7 Å². The fourth-order valence-electron chi connectivity index (χ4n) is 2.90. The second-order valence-corrected chi connectivity index (χ2v) is 7.64. The van der Waals surface area contributed by atoms with Crippen molar-refractivity contribution in [1.82, 2.24) is 24.5 Å². The van der Waals surface area contributed by atoms with Crippen LogP contribution in [0.4, 0.5) is 0 Å². The molecule has 0 spiro atoms. The Bertz CT molecular complexity index is 1070. The Morgan fingerprint density at radius 1 is 1.00 bits per heavy atom. The third-order valence-corrected chi connectivity index (χ3v) is 5.41. The standard InChI is InChI=1S/C20H18ClN5S/c1-14-10-15(2)26(24-14)18-8-6-16(7-9-18)12-27-20-23-22-13-25(20)19-5-3-4-17(21)11-19/h3-11,13H,12H2,1-2H3. The molecule has 0 atom stereocenters. The molecule has 0 N–H and O–H groups in total. The highest BCUT2D eigenvalue weighted by atomic mass is 35.5. The monoisotopic (exact) mass is 395 g/mol. The van der Waals surface area contributed by atoms with Crippen LogP contribution < -0.4 is 0 Å².